The standard InChI is InChI=1S/C26H25NO5/c1-2-13-27-14-12-25-21-17-8-9-19(31-24(29)16-6-4-3-5-7-16)22(21)32-23(25)18(28)10-11-26(25,30)20(27)15-17/h2-9,20,23,30H,1,10-15H2/t20-,23?,25+,26-/m1/s1. The Labute approximate surface area is 186 Å². The molecule has 164 valence electrons. The van der Waals surface area contributed by atoms with Gasteiger partial charge in [-0.05, 0) is 43.0 Å². The number of ketones is 1. The Morgan fingerprint density at radius 3 is 2.84 bits per heavy atom. The summed E-state index contributed by atoms with van der Waals surface area (Å²) in [7, 11) is 0. The first-order valence-electron chi connectivity index (χ1n) is 11.2. The van der Waals surface area contributed by atoms with Crippen LogP contribution < -0.4 is 9.47 Å². The first kappa shape index (κ1) is 19.7. The van der Waals surface area contributed by atoms with Gasteiger partial charge in [0, 0.05) is 31.1 Å². The van der Waals surface area contributed by atoms with Crippen molar-refractivity contribution < 1.29 is 24.2 Å². The van der Waals surface area contributed by atoms with E-state index in [1.807, 2.05) is 18.2 Å². The number of nitrogens with zero attached hydrogens (tertiary/aromatic N) is 1. The van der Waals surface area contributed by atoms with Crippen molar-refractivity contribution >= 4 is 11.8 Å². The van der Waals surface area contributed by atoms with Gasteiger partial charge in [-0.3, -0.25) is 9.69 Å². The van der Waals surface area contributed by atoms with Gasteiger partial charge >= 0.3 is 5.97 Å². The summed E-state index contributed by atoms with van der Waals surface area (Å²) in [5, 5.41) is 12.2. The molecule has 2 aliphatic heterocycles. The van der Waals surface area contributed by atoms with Crippen LogP contribution in [0.5, 0.6) is 11.5 Å². The monoisotopic (exact) mass is 431 g/mol. The van der Waals surface area contributed by atoms with Crippen LogP contribution in [0.3, 0.4) is 0 Å². The van der Waals surface area contributed by atoms with Gasteiger partial charge in [0.25, 0.3) is 0 Å². The number of hydrogen-bond acceptors (Lipinski definition) is 6. The van der Waals surface area contributed by atoms with Crippen LogP contribution in [0.4, 0.5) is 0 Å². The van der Waals surface area contributed by atoms with Crippen molar-refractivity contribution in [1.82, 2.24) is 4.90 Å². The average Bonchev–Trinajstić information content (AvgIpc) is 3.16. The predicted octanol–water partition coefficient (Wildman–Crippen LogP) is 2.82. The van der Waals surface area contributed by atoms with Gasteiger partial charge < -0.3 is 14.6 Å². The Morgan fingerprint density at radius 2 is 2.06 bits per heavy atom. The highest BCUT2D eigenvalue weighted by atomic mass is 16.6. The second kappa shape index (κ2) is 6.77. The van der Waals surface area contributed by atoms with Crippen LogP contribution in [-0.2, 0) is 16.6 Å². The highest BCUT2D eigenvalue weighted by molar-refractivity contribution is 5.93. The van der Waals surface area contributed by atoms with E-state index in [4.69, 9.17) is 9.47 Å². The van der Waals surface area contributed by atoms with Crippen molar-refractivity contribution in [2.24, 2.45) is 0 Å². The molecule has 1 unspecified atom stereocenters. The molecule has 2 aliphatic carbocycles. The lowest BCUT2D eigenvalue weighted by Gasteiger charge is -2.62. The fourth-order valence-corrected chi connectivity index (χ4v) is 6.60. The minimum absolute atomic E-state index is 0.00924. The Balaban J connectivity index is 1.49. The number of carbonyl (C=O) groups excluding carboxylic acids is 2. The topological polar surface area (TPSA) is 76.1 Å². The highest BCUT2D eigenvalue weighted by Gasteiger charge is 2.73. The minimum Gasteiger partial charge on any atom is -0.477 e. The maximum absolute atomic E-state index is 13.1. The minimum atomic E-state index is -1.08. The van der Waals surface area contributed by atoms with Gasteiger partial charge in [0.1, 0.15) is 0 Å². The summed E-state index contributed by atoms with van der Waals surface area (Å²) >= 11 is 0. The van der Waals surface area contributed by atoms with E-state index in [2.05, 4.69) is 11.5 Å². The van der Waals surface area contributed by atoms with Crippen LogP contribution >= 0.6 is 0 Å². The molecule has 1 spiro atoms. The average molecular weight is 431 g/mol. The SMILES string of the molecule is C=CCN1CC[C@]23c4c5ccc(OC(=O)c6ccccc6)c4OC2C(=O)CC[C@@]3(O)[C@H]1C5. The molecule has 32 heavy (non-hydrogen) atoms. The lowest BCUT2D eigenvalue weighted by atomic mass is 9.49. The zero-order valence-electron chi connectivity index (χ0n) is 17.8. The van der Waals surface area contributed by atoms with Gasteiger partial charge in [-0.2, -0.15) is 0 Å². The molecule has 2 bridgehead atoms. The number of likely N-dealkylation sites (tertiary alicyclic amines) is 1. The van der Waals surface area contributed by atoms with E-state index in [-0.39, 0.29) is 18.2 Å². The second-order valence-corrected chi connectivity index (χ2v) is 9.30. The van der Waals surface area contributed by atoms with Gasteiger partial charge in [-0.1, -0.05) is 30.3 Å². The Bertz CT molecular complexity index is 1140. The molecule has 0 radical (unpaired) electrons. The molecule has 6 nitrogen and oxygen atoms in total. The number of hydrogen-bond donors (Lipinski definition) is 1. The summed E-state index contributed by atoms with van der Waals surface area (Å²) in [4.78, 5) is 28.1. The van der Waals surface area contributed by atoms with Crippen molar-refractivity contribution in [3.05, 3.63) is 71.8 Å². The lowest BCUT2D eigenvalue weighted by Crippen LogP contribution is -2.76. The number of piperidine rings is 1. The normalized spacial score (nSPS) is 32.1. The second-order valence-electron chi connectivity index (χ2n) is 9.30. The number of carbonyl (C=O) groups is 2. The van der Waals surface area contributed by atoms with E-state index in [0.717, 1.165) is 17.7 Å². The zero-order chi connectivity index (χ0) is 22.1. The van der Waals surface area contributed by atoms with Gasteiger partial charge in [-0.15, -0.1) is 6.58 Å². The number of esters is 1. The van der Waals surface area contributed by atoms with Crippen LogP contribution in [0.2, 0.25) is 0 Å². The molecule has 1 saturated heterocycles. The van der Waals surface area contributed by atoms with E-state index in [9.17, 15) is 14.7 Å². The number of Topliss-reactive ketones (excluding diaryl/α,β-unsaturated/α-hetero) is 1. The molecule has 2 fully saturated rings. The van der Waals surface area contributed by atoms with Crippen molar-refractivity contribution in [1.29, 1.82) is 0 Å². The van der Waals surface area contributed by atoms with Crippen LogP contribution in [0.25, 0.3) is 0 Å². The molecule has 4 aliphatic rings. The van der Waals surface area contributed by atoms with E-state index >= 15 is 0 Å². The molecule has 6 rings (SSSR count). The number of aliphatic hydroxyl groups is 1. The van der Waals surface area contributed by atoms with Gasteiger partial charge in [-0.25, -0.2) is 4.79 Å². The summed E-state index contributed by atoms with van der Waals surface area (Å²) in [6, 6.07) is 12.4. The molecule has 1 saturated carbocycles. The molecule has 6 heteroatoms. The third-order valence-electron chi connectivity index (χ3n) is 7.93. The van der Waals surface area contributed by atoms with E-state index in [0.29, 0.717) is 42.9 Å². The van der Waals surface area contributed by atoms with Gasteiger partial charge in [0.2, 0.25) is 0 Å². The largest absolute Gasteiger partial charge is 0.477 e. The third kappa shape index (κ3) is 2.37. The highest BCUT2D eigenvalue weighted by Crippen LogP contribution is 2.64. The Hall–Kier alpha value is -2.96. The molecule has 1 N–H and O–H groups in total. The molecule has 2 aromatic rings. The zero-order valence-corrected chi connectivity index (χ0v) is 17.8. The van der Waals surface area contributed by atoms with Gasteiger partial charge in [0.05, 0.1) is 16.6 Å². The molecule has 2 aromatic carbocycles. The lowest BCUT2D eigenvalue weighted by molar-refractivity contribution is -0.187. The number of benzene rings is 2. The van der Waals surface area contributed by atoms with E-state index in [1.165, 1.54) is 0 Å². The Morgan fingerprint density at radius 1 is 1.25 bits per heavy atom. The molecule has 0 aromatic heterocycles. The van der Waals surface area contributed by atoms with Crippen molar-refractivity contribution in [2.75, 3.05) is 13.1 Å². The first-order chi connectivity index (χ1) is 15.5. The van der Waals surface area contributed by atoms with Crippen LogP contribution in [-0.4, -0.2) is 52.6 Å². The molecular weight excluding hydrogens is 406 g/mol. The molecule has 4 atom stereocenters. The third-order valence-corrected chi connectivity index (χ3v) is 7.93. The maximum Gasteiger partial charge on any atom is 0.343 e. The van der Waals surface area contributed by atoms with Crippen molar-refractivity contribution in [3.63, 3.8) is 0 Å². The smallest absolute Gasteiger partial charge is 0.343 e. The van der Waals surface area contributed by atoms with Crippen molar-refractivity contribution in [3.8, 4) is 11.5 Å². The predicted molar refractivity (Wildman–Crippen MR) is 117 cm³/mol. The summed E-state index contributed by atoms with van der Waals surface area (Å²) in [5.41, 5.74) is 0.484. The number of ether oxygens (including phenoxy) is 2. The first-order valence-corrected chi connectivity index (χ1v) is 11.2. The fraction of sp³-hybridized carbons (Fsp3) is 0.385. The molecule has 2 heterocycles. The van der Waals surface area contributed by atoms with Crippen molar-refractivity contribution in [2.45, 2.75) is 48.8 Å². The van der Waals surface area contributed by atoms with Crippen LogP contribution in [0.15, 0.2) is 55.1 Å². The van der Waals surface area contributed by atoms with Crippen LogP contribution in [0.1, 0.15) is 40.7 Å². The summed E-state index contributed by atoms with van der Waals surface area (Å²) in [6.45, 7) is 5.32. The fourth-order valence-electron chi connectivity index (χ4n) is 6.60. The quantitative estimate of drug-likeness (QED) is 0.456. The maximum atomic E-state index is 13.1. The van der Waals surface area contributed by atoms with Crippen LogP contribution in [0, 0.1) is 0 Å². The van der Waals surface area contributed by atoms with Gasteiger partial charge in [0.15, 0.2) is 23.4 Å². The summed E-state index contributed by atoms with van der Waals surface area (Å²) in [5.74, 6) is 0.286. The van der Waals surface area contributed by atoms with E-state index in [1.54, 1.807) is 30.3 Å². The Kier molecular flexibility index (Phi) is 4.17. The molecular formula is C26H25NO5. The summed E-state index contributed by atoms with van der Waals surface area (Å²) < 4.78 is 12.0. The molecule has 0 amide bonds. The summed E-state index contributed by atoms with van der Waals surface area (Å²) in [6.07, 6.45) is 3.08. The van der Waals surface area contributed by atoms with E-state index < -0.39 is 23.1 Å². The number of rotatable bonds is 4.